The Hall–Kier alpha value is -1.98. The lowest BCUT2D eigenvalue weighted by molar-refractivity contribution is 0.301. The van der Waals surface area contributed by atoms with Gasteiger partial charge in [-0.25, -0.2) is 4.39 Å². The molecule has 1 aliphatic heterocycles. The molecule has 25 heavy (non-hydrogen) atoms. The van der Waals surface area contributed by atoms with Crippen molar-refractivity contribution in [2.24, 2.45) is 4.99 Å². The number of ether oxygens (including phenoxy) is 1. The Balaban J connectivity index is 2.13. The summed E-state index contributed by atoms with van der Waals surface area (Å²) in [6.45, 7) is 2.88. The maximum Gasteiger partial charge on any atom is 0.165 e. The number of aliphatic imine (C=N–C) groups is 1. The van der Waals surface area contributed by atoms with Crippen LogP contribution in [0, 0.1) is 5.82 Å². The number of rotatable bonds is 5. The maximum absolute atomic E-state index is 14.5. The van der Waals surface area contributed by atoms with Crippen molar-refractivity contribution in [1.29, 1.82) is 0 Å². The third kappa shape index (κ3) is 3.83. The van der Waals surface area contributed by atoms with Gasteiger partial charge in [-0.1, -0.05) is 48.9 Å². The lowest BCUT2D eigenvalue weighted by Crippen LogP contribution is -2.22. The van der Waals surface area contributed by atoms with E-state index in [0.29, 0.717) is 29.4 Å². The highest BCUT2D eigenvalue weighted by Gasteiger charge is 2.22. The molecule has 1 N–H and O–H groups in total. The van der Waals surface area contributed by atoms with Gasteiger partial charge in [-0.3, -0.25) is 4.99 Å². The monoisotopic (exact) mass is 376 g/mol. The van der Waals surface area contributed by atoms with Gasteiger partial charge >= 0.3 is 0 Å². The van der Waals surface area contributed by atoms with Gasteiger partial charge in [-0.05, 0) is 18.6 Å². The highest BCUT2D eigenvalue weighted by molar-refractivity contribution is 7.79. The zero-order valence-corrected chi connectivity index (χ0v) is 15.3. The predicted octanol–water partition coefficient (Wildman–Crippen LogP) is 4.90. The topological polar surface area (TPSA) is 33.6 Å². The SMILES string of the molecule is CCCOc1cc2c(cc1F)C(c1ccccc1Cl)=NCC(C=S)N2. The highest BCUT2D eigenvalue weighted by atomic mass is 35.5. The Morgan fingerprint density at radius 3 is 2.88 bits per heavy atom. The molecule has 3 nitrogen and oxygen atoms in total. The van der Waals surface area contributed by atoms with E-state index in [0.717, 1.165) is 17.7 Å². The van der Waals surface area contributed by atoms with E-state index in [1.807, 2.05) is 25.1 Å². The molecule has 0 amide bonds. The number of benzene rings is 2. The van der Waals surface area contributed by atoms with Crippen molar-refractivity contribution in [3.8, 4) is 5.75 Å². The van der Waals surface area contributed by atoms with Crippen LogP contribution in [-0.4, -0.2) is 30.3 Å². The second-order valence-electron chi connectivity index (χ2n) is 5.73. The molecule has 1 unspecified atom stereocenters. The first kappa shape index (κ1) is 17.8. The van der Waals surface area contributed by atoms with E-state index in [9.17, 15) is 4.39 Å². The molecular formula is C19H18ClFN2OS. The Bertz CT molecular complexity index is 825. The molecular weight excluding hydrogens is 359 g/mol. The third-order valence-electron chi connectivity index (χ3n) is 3.87. The largest absolute Gasteiger partial charge is 0.490 e. The number of anilines is 1. The van der Waals surface area contributed by atoms with E-state index in [1.54, 1.807) is 17.5 Å². The minimum absolute atomic E-state index is 0.127. The smallest absolute Gasteiger partial charge is 0.165 e. The van der Waals surface area contributed by atoms with E-state index in [4.69, 9.17) is 28.6 Å². The van der Waals surface area contributed by atoms with Gasteiger partial charge in [0, 0.05) is 33.3 Å². The van der Waals surface area contributed by atoms with Gasteiger partial charge in [0.15, 0.2) is 11.6 Å². The van der Waals surface area contributed by atoms with Gasteiger partial charge in [0.1, 0.15) is 0 Å². The van der Waals surface area contributed by atoms with E-state index in [-0.39, 0.29) is 11.8 Å². The number of hydrogen-bond acceptors (Lipinski definition) is 4. The van der Waals surface area contributed by atoms with Crippen LogP contribution in [0.3, 0.4) is 0 Å². The van der Waals surface area contributed by atoms with Gasteiger partial charge in [0.2, 0.25) is 0 Å². The van der Waals surface area contributed by atoms with Gasteiger partial charge in [0.05, 0.1) is 24.9 Å². The summed E-state index contributed by atoms with van der Waals surface area (Å²) >= 11 is 11.4. The van der Waals surface area contributed by atoms with Crippen LogP contribution in [0.1, 0.15) is 24.5 Å². The molecule has 2 aromatic carbocycles. The fraction of sp³-hybridized carbons (Fsp3) is 0.263. The van der Waals surface area contributed by atoms with Crippen molar-refractivity contribution >= 4 is 40.6 Å². The van der Waals surface area contributed by atoms with Crippen LogP contribution in [0.15, 0.2) is 41.4 Å². The summed E-state index contributed by atoms with van der Waals surface area (Å²) < 4.78 is 20.0. The summed E-state index contributed by atoms with van der Waals surface area (Å²) in [5.74, 6) is -0.203. The van der Waals surface area contributed by atoms with Crippen molar-refractivity contribution in [3.63, 3.8) is 0 Å². The number of halogens is 2. The fourth-order valence-corrected chi connectivity index (χ4v) is 3.05. The molecule has 0 spiro atoms. The number of hydrogen-bond donors (Lipinski definition) is 1. The minimum atomic E-state index is -0.422. The number of benzodiazepines with no additional fused rings is 1. The molecule has 2 aromatic rings. The second-order valence-corrected chi connectivity index (χ2v) is 6.41. The molecule has 130 valence electrons. The molecule has 1 aliphatic rings. The summed E-state index contributed by atoms with van der Waals surface area (Å²) in [5, 5.41) is 5.50. The maximum atomic E-state index is 14.5. The van der Waals surface area contributed by atoms with Crippen LogP contribution >= 0.6 is 23.8 Å². The predicted molar refractivity (Wildman–Crippen MR) is 105 cm³/mol. The number of nitrogens with one attached hydrogen (secondary N) is 1. The van der Waals surface area contributed by atoms with Crippen molar-refractivity contribution in [3.05, 3.63) is 58.4 Å². The highest BCUT2D eigenvalue weighted by Crippen LogP contribution is 2.32. The summed E-state index contributed by atoms with van der Waals surface area (Å²) in [7, 11) is 0. The fourth-order valence-electron chi connectivity index (χ4n) is 2.67. The molecule has 0 bridgehead atoms. The lowest BCUT2D eigenvalue weighted by Gasteiger charge is -2.16. The summed E-state index contributed by atoms with van der Waals surface area (Å²) in [6, 6.07) is 10.4. The third-order valence-corrected chi connectivity index (χ3v) is 4.53. The van der Waals surface area contributed by atoms with Crippen LogP contribution in [0.2, 0.25) is 5.02 Å². The van der Waals surface area contributed by atoms with E-state index >= 15 is 0 Å². The van der Waals surface area contributed by atoms with Crippen LogP contribution < -0.4 is 10.1 Å². The van der Waals surface area contributed by atoms with Crippen LogP contribution in [0.4, 0.5) is 10.1 Å². The van der Waals surface area contributed by atoms with Crippen LogP contribution in [0.25, 0.3) is 0 Å². The molecule has 3 rings (SSSR count). The van der Waals surface area contributed by atoms with Gasteiger partial charge in [-0.15, -0.1) is 0 Å². The lowest BCUT2D eigenvalue weighted by atomic mass is 10.00. The van der Waals surface area contributed by atoms with Gasteiger partial charge in [-0.2, -0.15) is 0 Å². The molecule has 1 atom stereocenters. The van der Waals surface area contributed by atoms with E-state index in [1.165, 1.54) is 6.07 Å². The zero-order valence-electron chi connectivity index (χ0n) is 13.8. The molecule has 6 heteroatoms. The molecule has 0 saturated heterocycles. The van der Waals surface area contributed by atoms with Crippen LogP contribution in [0.5, 0.6) is 5.75 Å². The first-order valence-electron chi connectivity index (χ1n) is 8.12. The number of fused-ring (bicyclic) bond motifs is 1. The average molecular weight is 377 g/mol. The number of thiocarbonyl (C=S) groups is 1. The Morgan fingerprint density at radius 2 is 2.16 bits per heavy atom. The summed E-state index contributed by atoms with van der Waals surface area (Å²) in [5.41, 5.74) is 2.79. The molecule has 0 saturated carbocycles. The van der Waals surface area contributed by atoms with Crippen molar-refractivity contribution in [2.45, 2.75) is 19.4 Å². The van der Waals surface area contributed by atoms with E-state index in [2.05, 4.69) is 10.3 Å². The van der Waals surface area contributed by atoms with Crippen molar-refractivity contribution in [1.82, 2.24) is 0 Å². The molecule has 0 aromatic heterocycles. The molecule has 0 fully saturated rings. The van der Waals surface area contributed by atoms with E-state index < -0.39 is 5.82 Å². The first-order valence-corrected chi connectivity index (χ1v) is 8.97. The molecule has 0 aliphatic carbocycles. The van der Waals surface area contributed by atoms with Crippen LogP contribution in [-0.2, 0) is 0 Å². The first-order chi connectivity index (χ1) is 12.1. The second kappa shape index (κ2) is 7.93. The minimum Gasteiger partial charge on any atom is -0.490 e. The Labute approximate surface area is 156 Å². The van der Waals surface area contributed by atoms with Gasteiger partial charge < -0.3 is 10.1 Å². The standard InChI is InChI=1S/C19H18ClFN2OS/c1-2-7-24-18-9-17-14(8-16(18)21)19(22-10-12(11-25)23-17)13-5-3-4-6-15(13)20/h3-6,8-9,11-12,23H,2,7,10H2,1H3. The van der Waals surface area contributed by atoms with Gasteiger partial charge in [0.25, 0.3) is 0 Å². The zero-order chi connectivity index (χ0) is 17.8. The molecule has 1 heterocycles. The summed E-state index contributed by atoms with van der Waals surface area (Å²) in [4.78, 5) is 4.65. The normalized spacial score (nSPS) is 16.3. The van der Waals surface area contributed by atoms with Crippen molar-refractivity contribution in [2.75, 3.05) is 18.5 Å². The number of nitrogens with zero attached hydrogens (tertiary/aromatic N) is 1. The Morgan fingerprint density at radius 1 is 1.36 bits per heavy atom. The summed E-state index contributed by atoms with van der Waals surface area (Å²) in [6.07, 6.45) is 0.804. The van der Waals surface area contributed by atoms with Crippen molar-refractivity contribution < 1.29 is 9.13 Å². The Kier molecular flexibility index (Phi) is 5.66. The average Bonchev–Trinajstić information content (AvgIpc) is 2.79. The molecule has 0 radical (unpaired) electrons. The quantitative estimate of drug-likeness (QED) is 0.753.